The van der Waals surface area contributed by atoms with Gasteiger partial charge in [0, 0.05) is 37.2 Å². The molecule has 2 amide bonds. The predicted molar refractivity (Wildman–Crippen MR) is 135 cm³/mol. The fourth-order valence-electron chi connectivity index (χ4n) is 4.88. The van der Waals surface area contributed by atoms with E-state index in [0.29, 0.717) is 35.7 Å². The van der Waals surface area contributed by atoms with Gasteiger partial charge in [-0.2, -0.15) is 10.4 Å². The molecule has 0 spiro atoms. The average Bonchev–Trinajstić information content (AvgIpc) is 3.24. The first-order valence-corrected chi connectivity index (χ1v) is 12.2. The third-order valence-electron chi connectivity index (χ3n) is 7.20. The lowest BCUT2D eigenvalue weighted by Crippen LogP contribution is -2.42. The number of carbonyl (C=O) groups is 2. The normalized spacial score (nSPS) is 20.9. The summed E-state index contributed by atoms with van der Waals surface area (Å²) in [4.78, 5) is 31.0. The Hall–Kier alpha value is -4.24. The number of anilines is 1. The van der Waals surface area contributed by atoms with Gasteiger partial charge in [-0.15, -0.1) is 0 Å². The van der Waals surface area contributed by atoms with Gasteiger partial charge in [-0.3, -0.25) is 9.78 Å². The number of hydrogen-bond acceptors (Lipinski definition) is 8. The Labute approximate surface area is 218 Å². The SMILES string of the molecule is COC(=O)N1C[C@@H]2C(Nc3cc(-c4ccc5cc(C#N)cnn45)ncc3C(=O)NC[C@@H](F)C(C)(C)O)[C@@H]2C1. The predicted octanol–water partition coefficient (Wildman–Crippen LogP) is 2.22. The van der Waals surface area contributed by atoms with Crippen LogP contribution < -0.4 is 10.6 Å². The van der Waals surface area contributed by atoms with Crippen molar-refractivity contribution in [2.75, 3.05) is 32.1 Å². The van der Waals surface area contributed by atoms with Gasteiger partial charge in [0.05, 0.1) is 59.2 Å². The Morgan fingerprint density at radius 3 is 2.68 bits per heavy atom. The van der Waals surface area contributed by atoms with Crippen LogP contribution in [0.2, 0.25) is 0 Å². The van der Waals surface area contributed by atoms with E-state index >= 15 is 0 Å². The van der Waals surface area contributed by atoms with Crippen molar-refractivity contribution in [3.63, 3.8) is 0 Å². The maximum atomic E-state index is 14.3. The number of fused-ring (bicyclic) bond motifs is 2. The van der Waals surface area contributed by atoms with Crippen molar-refractivity contribution in [2.24, 2.45) is 11.8 Å². The summed E-state index contributed by atoms with van der Waals surface area (Å²) >= 11 is 0. The molecule has 1 saturated carbocycles. The van der Waals surface area contributed by atoms with Crippen molar-refractivity contribution in [1.29, 1.82) is 5.26 Å². The quantitative estimate of drug-likeness (QED) is 0.429. The van der Waals surface area contributed by atoms with Crippen molar-refractivity contribution < 1.29 is 23.8 Å². The molecule has 4 atom stereocenters. The lowest BCUT2D eigenvalue weighted by Gasteiger charge is -2.23. The van der Waals surface area contributed by atoms with Crippen LogP contribution in [0, 0.1) is 23.2 Å². The fraction of sp³-hybridized carbons (Fsp3) is 0.423. The Morgan fingerprint density at radius 1 is 1.29 bits per heavy atom. The second-order valence-corrected chi connectivity index (χ2v) is 10.2. The lowest BCUT2D eigenvalue weighted by atomic mass is 10.0. The second-order valence-electron chi connectivity index (χ2n) is 10.2. The number of hydrogen-bond donors (Lipinski definition) is 3. The molecule has 3 aromatic heterocycles. The van der Waals surface area contributed by atoms with Gasteiger partial charge in [-0.25, -0.2) is 13.7 Å². The molecule has 0 aromatic carbocycles. The standard InChI is InChI=1S/C26H28FN7O4/c1-26(2,37)22(27)11-30-24(35)16-10-29-20(21-5-4-15-6-14(8-28)9-31-34(15)21)7-19(16)32-23-17-12-33(13-18(17)23)25(36)38-3/h4-7,9-10,17-18,22-23,37H,11-13H2,1-3H3,(H,29,32)(H,30,35)/t17-,18+,22-,23?/m1/s1. The minimum Gasteiger partial charge on any atom is -0.453 e. The van der Waals surface area contributed by atoms with Crippen LogP contribution in [0.3, 0.4) is 0 Å². The molecule has 4 heterocycles. The molecule has 5 rings (SSSR count). The Morgan fingerprint density at radius 2 is 2.03 bits per heavy atom. The summed E-state index contributed by atoms with van der Waals surface area (Å²) in [6.07, 6.45) is 0.874. The van der Waals surface area contributed by atoms with Gasteiger partial charge in [-0.05, 0) is 38.1 Å². The first kappa shape index (κ1) is 25.4. The monoisotopic (exact) mass is 521 g/mol. The van der Waals surface area contributed by atoms with Crippen molar-refractivity contribution >= 4 is 23.2 Å². The Bertz CT molecular complexity index is 1430. The number of pyridine rings is 1. The number of alkyl halides is 1. The van der Waals surface area contributed by atoms with Gasteiger partial charge in [0.15, 0.2) is 0 Å². The molecule has 1 aliphatic carbocycles. The lowest BCUT2D eigenvalue weighted by molar-refractivity contribution is -0.00177. The summed E-state index contributed by atoms with van der Waals surface area (Å²) in [6, 6.07) is 9.22. The Kier molecular flexibility index (Phi) is 6.40. The number of halogens is 1. The molecule has 1 saturated heterocycles. The zero-order valence-corrected chi connectivity index (χ0v) is 21.2. The van der Waals surface area contributed by atoms with Crippen LogP contribution in [0.15, 0.2) is 36.7 Å². The third-order valence-corrected chi connectivity index (χ3v) is 7.20. The molecule has 12 heteroatoms. The number of nitrogens with one attached hydrogen (secondary N) is 2. The van der Waals surface area contributed by atoms with Crippen molar-refractivity contribution in [2.45, 2.75) is 31.7 Å². The van der Waals surface area contributed by atoms with Gasteiger partial charge in [0.2, 0.25) is 0 Å². The summed E-state index contributed by atoms with van der Waals surface area (Å²) in [5.41, 5.74) is 1.51. The number of nitriles is 1. The molecule has 0 radical (unpaired) electrons. The van der Waals surface area contributed by atoms with Crippen LogP contribution in [-0.2, 0) is 4.74 Å². The molecule has 198 valence electrons. The molecule has 0 bridgehead atoms. The van der Waals surface area contributed by atoms with Crippen molar-refractivity contribution in [3.05, 3.63) is 47.8 Å². The number of nitrogens with zero attached hydrogens (tertiary/aromatic N) is 5. The minimum absolute atomic E-state index is 0.0448. The molecule has 1 unspecified atom stereocenters. The second kappa shape index (κ2) is 9.57. The third kappa shape index (κ3) is 4.72. The number of likely N-dealkylation sites (tertiary alicyclic amines) is 1. The molecule has 3 aromatic rings. The largest absolute Gasteiger partial charge is 0.453 e. The van der Waals surface area contributed by atoms with Crippen molar-refractivity contribution in [1.82, 2.24) is 24.8 Å². The highest BCUT2D eigenvalue weighted by Gasteiger charge is 2.57. The maximum Gasteiger partial charge on any atom is 0.409 e. The minimum atomic E-state index is -1.65. The van der Waals surface area contributed by atoms with E-state index in [1.165, 1.54) is 33.4 Å². The summed E-state index contributed by atoms with van der Waals surface area (Å²) < 4.78 is 20.7. The molecule has 38 heavy (non-hydrogen) atoms. The fourth-order valence-corrected chi connectivity index (χ4v) is 4.88. The van der Waals surface area contributed by atoms with E-state index in [9.17, 15) is 19.1 Å². The number of aliphatic hydroxyl groups is 1. The van der Waals surface area contributed by atoms with E-state index in [4.69, 9.17) is 10.00 Å². The van der Waals surface area contributed by atoms with Gasteiger partial charge in [-0.1, -0.05) is 0 Å². The van der Waals surface area contributed by atoms with E-state index in [2.05, 4.69) is 26.8 Å². The van der Waals surface area contributed by atoms with Gasteiger partial charge in [0.1, 0.15) is 12.2 Å². The van der Waals surface area contributed by atoms with Crippen LogP contribution in [0.5, 0.6) is 0 Å². The topological polar surface area (TPSA) is 145 Å². The molecular weight excluding hydrogens is 493 g/mol. The first-order valence-electron chi connectivity index (χ1n) is 12.2. The van der Waals surface area contributed by atoms with E-state index in [0.717, 1.165) is 5.52 Å². The van der Waals surface area contributed by atoms with Crippen LogP contribution in [0.4, 0.5) is 14.9 Å². The number of amides is 2. The van der Waals surface area contributed by atoms with E-state index < -0.39 is 17.7 Å². The molecular formula is C26H28FN7O4. The van der Waals surface area contributed by atoms with Crippen LogP contribution in [0.25, 0.3) is 16.9 Å². The molecule has 1 aliphatic heterocycles. The van der Waals surface area contributed by atoms with Gasteiger partial charge >= 0.3 is 6.09 Å². The van der Waals surface area contributed by atoms with Gasteiger partial charge < -0.3 is 25.4 Å². The molecule has 11 nitrogen and oxygen atoms in total. The molecule has 3 N–H and O–H groups in total. The highest BCUT2D eigenvalue weighted by molar-refractivity contribution is 6.00. The number of ether oxygens (including phenoxy) is 1. The maximum absolute atomic E-state index is 14.3. The molecule has 2 fully saturated rings. The van der Waals surface area contributed by atoms with Crippen molar-refractivity contribution in [3.8, 4) is 17.5 Å². The number of rotatable bonds is 7. The molecule has 2 aliphatic rings. The van der Waals surface area contributed by atoms with Crippen LogP contribution in [0.1, 0.15) is 29.8 Å². The van der Waals surface area contributed by atoms with Crippen LogP contribution in [-0.4, -0.2) is 81.2 Å². The zero-order valence-electron chi connectivity index (χ0n) is 21.2. The Balaban J connectivity index is 1.42. The number of aromatic nitrogens is 3. The smallest absolute Gasteiger partial charge is 0.409 e. The highest BCUT2D eigenvalue weighted by atomic mass is 19.1. The number of piperidine rings is 1. The number of methoxy groups -OCH3 is 1. The van der Waals surface area contributed by atoms with Gasteiger partial charge in [0.25, 0.3) is 5.91 Å². The van der Waals surface area contributed by atoms with Crippen LogP contribution >= 0.6 is 0 Å². The highest BCUT2D eigenvalue weighted by Crippen LogP contribution is 2.47. The zero-order chi connectivity index (χ0) is 27.2. The van der Waals surface area contributed by atoms with E-state index in [-0.39, 0.29) is 36.1 Å². The summed E-state index contributed by atoms with van der Waals surface area (Å²) in [5.74, 6) is -0.100. The summed E-state index contributed by atoms with van der Waals surface area (Å²) in [6.45, 7) is 3.43. The average molecular weight is 522 g/mol. The number of carbonyl (C=O) groups excluding carboxylic acids is 2. The van der Waals surface area contributed by atoms with E-state index in [1.807, 2.05) is 12.1 Å². The first-order chi connectivity index (χ1) is 18.1. The van der Waals surface area contributed by atoms with E-state index in [1.54, 1.807) is 21.5 Å². The summed E-state index contributed by atoms with van der Waals surface area (Å²) in [7, 11) is 1.35. The summed E-state index contributed by atoms with van der Waals surface area (Å²) in [5, 5.41) is 29.3.